The zero-order valence-electron chi connectivity index (χ0n) is 11.6. The highest BCUT2D eigenvalue weighted by molar-refractivity contribution is 5.94. The minimum atomic E-state index is -0.219. The lowest BCUT2D eigenvalue weighted by atomic mass is 10.1. The molecule has 1 amide bonds. The quantitative estimate of drug-likeness (QED) is 0.840. The lowest BCUT2D eigenvalue weighted by Gasteiger charge is -2.10. The highest BCUT2D eigenvalue weighted by atomic mass is 16.5. The van der Waals surface area contributed by atoms with Gasteiger partial charge in [-0.3, -0.25) is 4.79 Å². The van der Waals surface area contributed by atoms with Gasteiger partial charge in [0.15, 0.2) is 0 Å². The number of methoxy groups -OCH3 is 1. The number of ether oxygens (including phenoxy) is 1. The van der Waals surface area contributed by atoms with Crippen molar-refractivity contribution in [3.63, 3.8) is 0 Å². The third kappa shape index (κ3) is 3.51. The number of nitrogens with two attached hydrogens (primary N) is 1. The number of nitriles is 1. The molecule has 0 fully saturated rings. The van der Waals surface area contributed by atoms with Crippen molar-refractivity contribution in [1.82, 2.24) is 5.32 Å². The van der Waals surface area contributed by atoms with Crippen LogP contribution in [0.2, 0.25) is 0 Å². The number of nitrogens with one attached hydrogen (secondary N) is 1. The smallest absolute Gasteiger partial charge is 0.251 e. The first kappa shape index (κ1) is 14.4. The summed E-state index contributed by atoms with van der Waals surface area (Å²) in [5.41, 5.74) is 8.16. The topological polar surface area (TPSA) is 88.1 Å². The van der Waals surface area contributed by atoms with E-state index in [0.29, 0.717) is 29.1 Å². The van der Waals surface area contributed by atoms with Gasteiger partial charge in [0, 0.05) is 23.4 Å². The lowest BCUT2D eigenvalue weighted by molar-refractivity contribution is 0.0950. The lowest BCUT2D eigenvalue weighted by Crippen LogP contribution is -2.23. The Kier molecular flexibility index (Phi) is 4.42. The summed E-state index contributed by atoms with van der Waals surface area (Å²) in [6.07, 6.45) is 0. The number of nitrogens with zero attached hydrogens (tertiary/aromatic N) is 1. The molecule has 106 valence electrons. The zero-order chi connectivity index (χ0) is 15.2. The predicted octanol–water partition coefficient (Wildman–Crippen LogP) is 2.08. The van der Waals surface area contributed by atoms with Crippen molar-refractivity contribution in [3.8, 4) is 11.8 Å². The van der Waals surface area contributed by atoms with E-state index in [1.54, 1.807) is 49.6 Å². The van der Waals surface area contributed by atoms with Crippen LogP contribution in [0.5, 0.6) is 5.75 Å². The van der Waals surface area contributed by atoms with Crippen molar-refractivity contribution >= 4 is 11.6 Å². The largest absolute Gasteiger partial charge is 0.496 e. The van der Waals surface area contributed by atoms with E-state index in [-0.39, 0.29) is 5.91 Å². The maximum atomic E-state index is 12.0. The van der Waals surface area contributed by atoms with E-state index in [9.17, 15) is 4.79 Å². The normalized spacial score (nSPS) is 9.71. The Morgan fingerprint density at radius 2 is 2.00 bits per heavy atom. The van der Waals surface area contributed by atoms with Gasteiger partial charge in [0.25, 0.3) is 5.91 Å². The summed E-state index contributed by atoms with van der Waals surface area (Å²) in [5, 5.41) is 11.5. The highest BCUT2D eigenvalue weighted by Crippen LogP contribution is 2.20. The summed E-state index contributed by atoms with van der Waals surface area (Å²) in [4.78, 5) is 12.0. The van der Waals surface area contributed by atoms with Gasteiger partial charge in [0.1, 0.15) is 5.75 Å². The summed E-state index contributed by atoms with van der Waals surface area (Å²) in [7, 11) is 1.57. The van der Waals surface area contributed by atoms with Crippen LogP contribution in [0.25, 0.3) is 0 Å². The van der Waals surface area contributed by atoms with Gasteiger partial charge in [-0.15, -0.1) is 0 Å². The molecule has 0 aliphatic carbocycles. The predicted molar refractivity (Wildman–Crippen MR) is 79.7 cm³/mol. The van der Waals surface area contributed by atoms with Gasteiger partial charge in [-0.25, -0.2) is 0 Å². The van der Waals surface area contributed by atoms with Crippen molar-refractivity contribution in [2.24, 2.45) is 0 Å². The van der Waals surface area contributed by atoms with Gasteiger partial charge in [0.05, 0.1) is 18.7 Å². The molecule has 0 heterocycles. The third-order valence-electron chi connectivity index (χ3n) is 3.02. The van der Waals surface area contributed by atoms with Crippen molar-refractivity contribution in [2.75, 3.05) is 12.8 Å². The van der Waals surface area contributed by atoms with E-state index < -0.39 is 0 Å². The van der Waals surface area contributed by atoms with E-state index in [1.807, 2.05) is 6.07 Å². The van der Waals surface area contributed by atoms with Crippen LogP contribution in [0.4, 0.5) is 5.69 Å². The van der Waals surface area contributed by atoms with Gasteiger partial charge in [-0.05, 0) is 42.5 Å². The summed E-state index contributed by atoms with van der Waals surface area (Å²) in [6, 6.07) is 13.7. The van der Waals surface area contributed by atoms with Gasteiger partial charge < -0.3 is 15.8 Å². The van der Waals surface area contributed by atoms with E-state index in [4.69, 9.17) is 15.7 Å². The molecule has 0 aliphatic rings. The van der Waals surface area contributed by atoms with Crippen molar-refractivity contribution in [2.45, 2.75) is 6.54 Å². The van der Waals surface area contributed by atoms with Gasteiger partial charge >= 0.3 is 0 Å². The Hall–Kier alpha value is -3.00. The Morgan fingerprint density at radius 1 is 1.29 bits per heavy atom. The molecule has 0 bridgehead atoms. The van der Waals surface area contributed by atoms with Crippen LogP contribution in [0.1, 0.15) is 21.5 Å². The number of hydrogen-bond donors (Lipinski definition) is 2. The second kappa shape index (κ2) is 6.44. The molecular weight excluding hydrogens is 266 g/mol. The van der Waals surface area contributed by atoms with Crippen molar-refractivity contribution in [1.29, 1.82) is 5.26 Å². The molecule has 2 aromatic rings. The summed E-state index contributed by atoms with van der Waals surface area (Å²) >= 11 is 0. The Bertz CT molecular complexity index is 688. The van der Waals surface area contributed by atoms with Gasteiger partial charge in [-0.1, -0.05) is 0 Å². The van der Waals surface area contributed by atoms with E-state index in [0.717, 1.165) is 5.56 Å². The van der Waals surface area contributed by atoms with Gasteiger partial charge in [0.2, 0.25) is 0 Å². The standard InChI is InChI=1S/C16H15N3O2/c1-21-15-7-6-14(18)8-13(15)10-19-16(20)12-4-2-11(9-17)3-5-12/h2-8H,10,18H2,1H3,(H,19,20). The summed E-state index contributed by atoms with van der Waals surface area (Å²) < 4.78 is 5.23. The molecule has 3 N–H and O–H groups in total. The molecule has 2 rings (SSSR count). The number of rotatable bonds is 4. The Labute approximate surface area is 123 Å². The van der Waals surface area contributed by atoms with E-state index in [2.05, 4.69) is 5.32 Å². The Balaban J connectivity index is 2.07. The first-order valence-electron chi connectivity index (χ1n) is 6.35. The minimum Gasteiger partial charge on any atom is -0.496 e. The van der Waals surface area contributed by atoms with Gasteiger partial charge in [-0.2, -0.15) is 5.26 Å². The Morgan fingerprint density at radius 3 is 2.62 bits per heavy atom. The average Bonchev–Trinajstić information content (AvgIpc) is 2.52. The van der Waals surface area contributed by atoms with Crippen LogP contribution in [-0.4, -0.2) is 13.0 Å². The van der Waals surface area contributed by atoms with Crippen LogP contribution in [0, 0.1) is 11.3 Å². The second-order valence-corrected chi connectivity index (χ2v) is 4.44. The molecule has 0 aromatic heterocycles. The average molecular weight is 281 g/mol. The third-order valence-corrected chi connectivity index (χ3v) is 3.02. The van der Waals surface area contributed by atoms with E-state index >= 15 is 0 Å². The first-order valence-corrected chi connectivity index (χ1v) is 6.35. The number of carbonyl (C=O) groups is 1. The van der Waals surface area contributed by atoms with Crippen LogP contribution in [-0.2, 0) is 6.54 Å². The summed E-state index contributed by atoms with van der Waals surface area (Å²) in [6.45, 7) is 0.313. The van der Waals surface area contributed by atoms with Crippen molar-refractivity contribution in [3.05, 3.63) is 59.2 Å². The van der Waals surface area contributed by atoms with E-state index in [1.165, 1.54) is 0 Å². The monoisotopic (exact) mass is 281 g/mol. The van der Waals surface area contributed by atoms with Crippen LogP contribution in [0.3, 0.4) is 0 Å². The van der Waals surface area contributed by atoms with Crippen LogP contribution < -0.4 is 15.8 Å². The fourth-order valence-electron chi connectivity index (χ4n) is 1.91. The molecule has 0 atom stereocenters. The molecule has 0 aliphatic heterocycles. The fraction of sp³-hybridized carbons (Fsp3) is 0.125. The van der Waals surface area contributed by atoms with Crippen LogP contribution in [0.15, 0.2) is 42.5 Å². The molecule has 2 aromatic carbocycles. The molecule has 5 nitrogen and oxygen atoms in total. The molecular formula is C16H15N3O2. The SMILES string of the molecule is COc1ccc(N)cc1CNC(=O)c1ccc(C#N)cc1. The minimum absolute atomic E-state index is 0.219. The molecule has 0 saturated heterocycles. The van der Waals surface area contributed by atoms with Crippen LogP contribution >= 0.6 is 0 Å². The fourth-order valence-corrected chi connectivity index (χ4v) is 1.91. The molecule has 0 saturated carbocycles. The summed E-state index contributed by atoms with van der Waals surface area (Å²) in [5.74, 6) is 0.452. The molecule has 5 heteroatoms. The number of anilines is 1. The second-order valence-electron chi connectivity index (χ2n) is 4.44. The molecule has 0 unspecified atom stereocenters. The van der Waals surface area contributed by atoms with Crippen molar-refractivity contribution < 1.29 is 9.53 Å². The number of hydrogen-bond acceptors (Lipinski definition) is 4. The number of carbonyl (C=O) groups excluding carboxylic acids is 1. The number of amides is 1. The number of nitrogen functional groups attached to an aromatic ring is 1. The highest BCUT2D eigenvalue weighted by Gasteiger charge is 2.08. The number of benzene rings is 2. The molecule has 0 radical (unpaired) electrons. The molecule has 21 heavy (non-hydrogen) atoms. The zero-order valence-corrected chi connectivity index (χ0v) is 11.6. The molecule has 0 spiro atoms. The first-order chi connectivity index (χ1) is 10.1. The maximum absolute atomic E-state index is 12.0. The maximum Gasteiger partial charge on any atom is 0.251 e.